The molecule has 3 nitrogen and oxygen atoms in total. The van der Waals surface area contributed by atoms with Gasteiger partial charge in [0.2, 0.25) is 0 Å². The van der Waals surface area contributed by atoms with Gasteiger partial charge in [-0.2, -0.15) is 52.7 Å². The van der Waals surface area contributed by atoms with Crippen LogP contribution < -0.4 is 0 Å². The average Bonchev–Trinajstić information content (AvgIpc) is 3.42. The normalized spacial score (nSPS) is 34.2. The lowest BCUT2D eigenvalue weighted by atomic mass is 9.59. The molecule has 0 aromatic rings. The summed E-state index contributed by atoms with van der Waals surface area (Å²) in [6.45, 7) is 0. The summed E-state index contributed by atoms with van der Waals surface area (Å²) in [5.74, 6) is -10.4. The molecule has 7 unspecified atom stereocenters. The summed E-state index contributed by atoms with van der Waals surface area (Å²) in [5, 5.41) is 9.73. The summed E-state index contributed by atoms with van der Waals surface area (Å²) < 4.78 is 170. The quantitative estimate of drug-likeness (QED) is 0.213. The molecule has 0 amide bonds. The van der Waals surface area contributed by atoms with E-state index in [4.69, 9.17) is 0 Å². The molecule has 0 aromatic heterocycles. The van der Waals surface area contributed by atoms with E-state index in [1.54, 1.807) is 12.2 Å². The maximum atomic E-state index is 14.3. The van der Waals surface area contributed by atoms with Crippen molar-refractivity contribution in [3.8, 4) is 0 Å². The van der Waals surface area contributed by atoms with Crippen LogP contribution in [0.25, 0.3) is 0 Å². The van der Waals surface area contributed by atoms with Crippen molar-refractivity contribution < 1.29 is 67.3 Å². The van der Waals surface area contributed by atoms with Gasteiger partial charge in [0, 0.05) is 11.8 Å². The minimum Gasteiger partial charge on any atom is -0.439 e. The molecular weight excluding hydrogens is 564 g/mol. The number of hydrogen-bond donors (Lipinski definition) is 1. The molecule has 4 rings (SSSR count). The molecule has 39 heavy (non-hydrogen) atoms. The second-order valence-electron chi connectivity index (χ2n) is 11.3. The van der Waals surface area contributed by atoms with Crippen molar-refractivity contribution in [3.05, 3.63) is 12.2 Å². The zero-order valence-electron chi connectivity index (χ0n) is 20.2. The van der Waals surface area contributed by atoms with Gasteiger partial charge in [0.25, 0.3) is 5.60 Å². The summed E-state index contributed by atoms with van der Waals surface area (Å²) in [7, 11) is 0. The van der Waals surface area contributed by atoms with Crippen molar-refractivity contribution in [2.75, 3.05) is 0 Å². The Morgan fingerprint density at radius 2 is 1.13 bits per heavy atom. The molecule has 7 atom stereocenters. The zero-order chi connectivity index (χ0) is 29.4. The van der Waals surface area contributed by atoms with Gasteiger partial charge >= 0.3 is 36.3 Å². The first-order chi connectivity index (χ1) is 17.6. The molecule has 0 aromatic carbocycles. The predicted octanol–water partition coefficient (Wildman–Crippen LogP) is 7.29. The van der Waals surface area contributed by atoms with E-state index < -0.39 is 116 Å². The molecule has 0 aliphatic heterocycles. The lowest BCUT2D eigenvalue weighted by Crippen LogP contribution is -2.66. The van der Waals surface area contributed by atoms with Crippen LogP contribution in [0.5, 0.6) is 0 Å². The van der Waals surface area contributed by atoms with Gasteiger partial charge in [-0.1, -0.05) is 12.2 Å². The second kappa shape index (κ2) is 9.43. The second-order valence-corrected chi connectivity index (χ2v) is 11.3. The largest absolute Gasteiger partial charge is 0.439 e. The van der Waals surface area contributed by atoms with Gasteiger partial charge in [0.05, 0.1) is 5.92 Å². The summed E-state index contributed by atoms with van der Waals surface area (Å²) in [6, 6.07) is 0. The van der Waals surface area contributed by atoms with Crippen LogP contribution in [-0.2, 0) is 9.53 Å². The predicted molar refractivity (Wildman–Crippen MR) is 108 cm³/mol. The summed E-state index contributed by atoms with van der Waals surface area (Å²) in [6.07, 6.45) is -25.3. The molecule has 2 bridgehead atoms. The van der Waals surface area contributed by atoms with Crippen LogP contribution in [0.3, 0.4) is 0 Å². The number of carbonyl (C=O) groups excluding carboxylic acids is 1. The first kappa shape index (κ1) is 30.3. The maximum absolute atomic E-state index is 14.3. The van der Waals surface area contributed by atoms with Gasteiger partial charge < -0.3 is 9.84 Å². The zero-order valence-corrected chi connectivity index (χ0v) is 20.2. The molecule has 3 saturated carbocycles. The first-order valence-electron chi connectivity index (χ1n) is 12.5. The molecule has 4 aliphatic rings. The first-order valence-corrected chi connectivity index (χ1v) is 12.5. The number of carbonyl (C=O) groups is 1. The van der Waals surface area contributed by atoms with Crippen molar-refractivity contribution in [3.63, 3.8) is 0 Å². The Labute approximate surface area is 214 Å². The van der Waals surface area contributed by atoms with E-state index in [-0.39, 0.29) is 12.3 Å². The van der Waals surface area contributed by atoms with Crippen LogP contribution in [0, 0.1) is 41.4 Å². The molecule has 224 valence electrons. The average molecular weight is 590 g/mol. The third-order valence-electron chi connectivity index (χ3n) is 9.33. The number of allylic oxidation sites excluding steroid dienone is 2. The van der Waals surface area contributed by atoms with Gasteiger partial charge in [0.1, 0.15) is 0 Å². The van der Waals surface area contributed by atoms with Gasteiger partial charge in [-0.3, -0.25) is 4.79 Å². The van der Waals surface area contributed by atoms with Gasteiger partial charge in [0.15, 0.2) is 0 Å². The summed E-state index contributed by atoms with van der Waals surface area (Å²) in [5.41, 5.74) is -9.93. The highest BCUT2D eigenvalue weighted by atomic mass is 19.4. The number of hydrogen-bond acceptors (Lipinski definition) is 3. The van der Waals surface area contributed by atoms with E-state index in [1.165, 1.54) is 0 Å². The molecule has 0 radical (unpaired) electrons. The number of rotatable bonds is 4. The van der Waals surface area contributed by atoms with Gasteiger partial charge in [-0.05, 0) is 75.0 Å². The standard InChI is InChI=1S/C24H26F12O3/c25-21(26,27)19(38,22(28,29)30)15-5-3-13-10-16(6-4-12(13)9-15)20(23(31,32)33,24(34,35)36)39-18(37)17-8-11-1-2-14(17)7-11/h1-2,11-17,38H,3-10H2. The summed E-state index contributed by atoms with van der Waals surface area (Å²) >= 11 is 0. The number of fused-ring (bicyclic) bond motifs is 3. The van der Waals surface area contributed by atoms with Crippen molar-refractivity contribution >= 4 is 5.97 Å². The molecule has 0 heterocycles. The third-order valence-corrected chi connectivity index (χ3v) is 9.33. The number of halogens is 12. The molecule has 0 spiro atoms. The number of esters is 1. The van der Waals surface area contributed by atoms with Crippen LogP contribution in [0.2, 0.25) is 0 Å². The van der Waals surface area contributed by atoms with E-state index >= 15 is 0 Å². The van der Waals surface area contributed by atoms with E-state index in [0.29, 0.717) is 6.42 Å². The fourth-order valence-corrected chi connectivity index (χ4v) is 7.37. The van der Waals surface area contributed by atoms with E-state index in [0.717, 1.165) is 0 Å². The number of alkyl halides is 12. The fourth-order valence-electron chi connectivity index (χ4n) is 7.37. The van der Waals surface area contributed by atoms with Crippen LogP contribution in [0.1, 0.15) is 51.4 Å². The SMILES string of the molecule is O=C(OC(C1CCC2CC(C(O)(C(F)(F)F)C(F)(F)F)CCC2C1)(C(F)(F)F)C(F)(F)F)C1CC2C=CC1C2. The highest BCUT2D eigenvalue weighted by Crippen LogP contribution is 2.60. The molecule has 0 saturated heterocycles. The number of ether oxygens (including phenoxy) is 1. The Hall–Kier alpha value is -1.67. The summed E-state index contributed by atoms with van der Waals surface area (Å²) in [4.78, 5) is 12.7. The van der Waals surface area contributed by atoms with Crippen molar-refractivity contribution in [2.45, 2.75) is 87.3 Å². The maximum Gasteiger partial charge on any atom is 0.437 e. The Morgan fingerprint density at radius 1 is 0.641 bits per heavy atom. The van der Waals surface area contributed by atoms with E-state index in [1.807, 2.05) is 0 Å². The molecule has 3 fully saturated rings. The molecule has 15 heteroatoms. The molecule has 4 aliphatic carbocycles. The Kier molecular flexibility index (Phi) is 7.33. The van der Waals surface area contributed by atoms with E-state index in [9.17, 15) is 62.6 Å². The Bertz CT molecular complexity index is 935. The van der Waals surface area contributed by atoms with Crippen molar-refractivity contribution in [1.82, 2.24) is 0 Å². The van der Waals surface area contributed by atoms with Crippen LogP contribution in [0.4, 0.5) is 52.7 Å². The van der Waals surface area contributed by atoms with Crippen molar-refractivity contribution in [2.24, 2.45) is 41.4 Å². The van der Waals surface area contributed by atoms with Crippen molar-refractivity contribution in [1.29, 1.82) is 0 Å². The topological polar surface area (TPSA) is 46.5 Å². The fraction of sp³-hybridized carbons (Fsp3) is 0.875. The molecular formula is C24H26F12O3. The Morgan fingerprint density at radius 3 is 1.54 bits per heavy atom. The third kappa shape index (κ3) is 4.81. The number of aliphatic hydroxyl groups is 1. The van der Waals surface area contributed by atoms with Crippen LogP contribution in [-0.4, -0.2) is 47.0 Å². The smallest absolute Gasteiger partial charge is 0.437 e. The monoisotopic (exact) mass is 590 g/mol. The minimum absolute atomic E-state index is 0.0455. The van der Waals surface area contributed by atoms with E-state index in [2.05, 4.69) is 4.74 Å². The van der Waals surface area contributed by atoms with Crippen LogP contribution >= 0.6 is 0 Å². The highest BCUT2D eigenvalue weighted by Gasteiger charge is 2.78. The van der Waals surface area contributed by atoms with Gasteiger partial charge in [-0.15, -0.1) is 0 Å². The lowest BCUT2D eigenvalue weighted by molar-refractivity contribution is -0.394. The molecule has 1 N–H and O–H groups in total. The minimum atomic E-state index is -6.09. The van der Waals surface area contributed by atoms with Crippen LogP contribution in [0.15, 0.2) is 12.2 Å². The lowest BCUT2D eigenvalue weighted by Gasteiger charge is -2.50. The van der Waals surface area contributed by atoms with Gasteiger partial charge in [-0.25, -0.2) is 0 Å². The highest BCUT2D eigenvalue weighted by molar-refractivity contribution is 5.75. The Balaban J connectivity index is 1.58.